The van der Waals surface area contributed by atoms with Crippen molar-refractivity contribution in [2.45, 2.75) is 32.7 Å². The van der Waals surface area contributed by atoms with Crippen LogP contribution >= 0.6 is 11.6 Å². The van der Waals surface area contributed by atoms with E-state index in [0.717, 1.165) is 10.5 Å². The number of phenolic OH excluding ortho intramolecular Hbond substituents is 1. The van der Waals surface area contributed by atoms with Crippen LogP contribution in [-0.2, 0) is 9.59 Å². The summed E-state index contributed by atoms with van der Waals surface area (Å²) < 4.78 is 5.50. The quantitative estimate of drug-likeness (QED) is 0.277. The van der Waals surface area contributed by atoms with Gasteiger partial charge in [0.15, 0.2) is 0 Å². The molecule has 1 aromatic heterocycles. The zero-order valence-electron chi connectivity index (χ0n) is 19.7. The molecule has 0 saturated carbocycles. The number of Topliss-reactive ketones (excluding diaryl/α,β-unsaturated/α-hetero) is 1. The van der Waals surface area contributed by atoms with E-state index < -0.39 is 17.7 Å². The van der Waals surface area contributed by atoms with Gasteiger partial charge in [-0.1, -0.05) is 25.4 Å². The van der Waals surface area contributed by atoms with Crippen molar-refractivity contribution in [3.8, 4) is 11.5 Å². The van der Waals surface area contributed by atoms with Crippen molar-refractivity contribution in [1.29, 1.82) is 0 Å². The number of ether oxygens (including phenoxy) is 1. The summed E-state index contributed by atoms with van der Waals surface area (Å²) in [6.45, 7) is 5.78. The van der Waals surface area contributed by atoms with Gasteiger partial charge in [0.25, 0.3) is 11.7 Å². The number of benzene rings is 2. The third-order valence-corrected chi connectivity index (χ3v) is 6.35. The Balaban J connectivity index is 2.00. The zero-order valence-corrected chi connectivity index (χ0v) is 20.5. The topological polar surface area (TPSA) is 100.0 Å². The van der Waals surface area contributed by atoms with Gasteiger partial charge < -0.3 is 14.9 Å². The zero-order chi connectivity index (χ0) is 25.4. The standard InChI is InChI=1S/C27H25ClN2O5/c1-14(2)18-13-19(15(3)11-22(18)35-4)25(32)23-24(16-7-9-29-10-8-16)30(27(34)26(23)33)20-12-17(28)5-6-21(20)31/h5-14,24,31-32H,1-4H3/b25-23+. The van der Waals surface area contributed by atoms with E-state index in [9.17, 15) is 19.8 Å². The predicted octanol–water partition coefficient (Wildman–Crippen LogP) is 5.51. The minimum atomic E-state index is -1.01. The lowest BCUT2D eigenvalue weighted by Crippen LogP contribution is -2.29. The van der Waals surface area contributed by atoms with Crippen LogP contribution < -0.4 is 9.64 Å². The van der Waals surface area contributed by atoms with Crippen LogP contribution in [0.5, 0.6) is 11.5 Å². The molecule has 35 heavy (non-hydrogen) atoms. The molecule has 2 heterocycles. The molecular formula is C27H25ClN2O5. The SMILES string of the molecule is COc1cc(C)c(/C(O)=C2\C(=O)C(=O)N(c3cc(Cl)ccc3O)C2c2ccncc2)cc1C(C)C. The molecule has 7 nitrogen and oxygen atoms in total. The Bertz CT molecular complexity index is 1350. The van der Waals surface area contributed by atoms with Gasteiger partial charge in [0.1, 0.15) is 17.3 Å². The highest BCUT2D eigenvalue weighted by molar-refractivity contribution is 6.52. The molecule has 3 aromatic rings. The number of aliphatic hydroxyl groups is 1. The number of carbonyl (C=O) groups excluding carboxylic acids is 2. The Morgan fingerprint density at radius 3 is 2.43 bits per heavy atom. The number of pyridine rings is 1. The van der Waals surface area contributed by atoms with Crippen molar-refractivity contribution in [3.63, 3.8) is 0 Å². The van der Waals surface area contributed by atoms with Crippen LogP contribution in [0.2, 0.25) is 5.02 Å². The number of hydrogen-bond donors (Lipinski definition) is 2. The molecule has 0 bridgehead atoms. The van der Waals surface area contributed by atoms with Gasteiger partial charge in [0, 0.05) is 23.0 Å². The first-order valence-corrected chi connectivity index (χ1v) is 11.4. The fourth-order valence-electron chi connectivity index (χ4n) is 4.36. The molecule has 1 amide bonds. The van der Waals surface area contributed by atoms with Crippen LogP contribution in [0.15, 0.2) is 60.4 Å². The summed E-state index contributed by atoms with van der Waals surface area (Å²) in [5, 5.41) is 22.3. The van der Waals surface area contributed by atoms with Crippen molar-refractivity contribution in [2.24, 2.45) is 0 Å². The van der Waals surface area contributed by atoms with Crippen LogP contribution in [0.3, 0.4) is 0 Å². The summed E-state index contributed by atoms with van der Waals surface area (Å²) >= 11 is 6.15. The van der Waals surface area contributed by atoms with Crippen molar-refractivity contribution >= 4 is 34.7 Å². The molecule has 1 unspecified atom stereocenters. The first-order valence-electron chi connectivity index (χ1n) is 11.0. The predicted molar refractivity (Wildman–Crippen MR) is 134 cm³/mol. The Labute approximate surface area is 208 Å². The molecule has 0 aliphatic carbocycles. The first-order chi connectivity index (χ1) is 16.6. The maximum absolute atomic E-state index is 13.4. The van der Waals surface area contributed by atoms with Crippen molar-refractivity contribution in [2.75, 3.05) is 12.0 Å². The number of aliphatic hydroxyl groups excluding tert-OH is 1. The van der Waals surface area contributed by atoms with Crippen LogP contribution in [0.4, 0.5) is 5.69 Å². The van der Waals surface area contributed by atoms with E-state index in [4.69, 9.17) is 16.3 Å². The number of amides is 1. The normalized spacial score (nSPS) is 17.3. The van der Waals surface area contributed by atoms with Crippen molar-refractivity contribution in [3.05, 3.63) is 87.7 Å². The number of nitrogens with zero attached hydrogens (tertiary/aromatic N) is 2. The van der Waals surface area contributed by atoms with Gasteiger partial charge in [-0.25, -0.2) is 0 Å². The number of aromatic hydroxyl groups is 1. The molecule has 1 aliphatic heterocycles. The Morgan fingerprint density at radius 1 is 1.11 bits per heavy atom. The largest absolute Gasteiger partial charge is 0.507 e. The fourth-order valence-corrected chi connectivity index (χ4v) is 4.52. The molecule has 1 atom stereocenters. The lowest BCUT2D eigenvalue weighted by molar-refractivity contribution is -0.132. The van der Waals surface area contributed by atoms with E-state index in [-0.39, 0.29) is 33.7 Å². The van der Waals surface area contributed by atoms with Gasteiger partial charge in [-0.3, -0.25) is 19.5 Å². The minimum Gasteiger partial charge on any atom is -0.507 e. The number of halogens is 1. The maximum atomic E-state index is 13.4. The molecule has 0 spiro atoms. The highest BCUT2D eigenvalue weighted by Gasteiger charge is 2.48. The van der Waals surface area contributed by atoms with E-state index >= 15 is 0 Å². The lowest BCUT2D eigenvalue weighted by Gasteiger charge is -2.26. The second-order valence-electron chi connectivity index (χ2n) is 8.65. The second-order valence-corrected chi connectivity index (χ2v) is 9.08. The minimum absolute atomic E-state index is 0.0646. The number of anilines is 1. The number of aryl methyl sites for hydroxylation is 1. The van der Waals surface area contributed by atoms with Gasteiger partial charge in [0.2, 0.25) is 0 Å². The second kappa shape index (κ2) is 9.43. The molecule has 180 valence electrons. The van der Waals surface area contributed by atoms with Crippen molar-refractivity contribution in [1.82, 2.24) is 4.98 Å². The molecule has 1 saturated heterocycles. The number of carbonyl (C=O) groups is 2. The first kappa shape index (κ1) is 24.3. The van der Waals surface area contributed by atoms with Crippen LogP contribution in [0.25, 0.3) is 5.76 Å². The van der Waals surface area contributed by atoms with E-state index in [2.05, 4.69) is 4.98 Å². The molecule has 8 heteroatoms. The molecule has 1 fully saturated rings. The number of methoxy groups -OCH3 is 1. The van der Waals surface area contributed by atoms with E-state index in [1.54, 1.807) is 38.3 Å². The highest BCUT2D eigenvalue weighted by Crippen LogP contribution is 2.46. The van der Waals surface area contributed by atoms with Gasteiger partial charge in [-0.2, -0.15) is 0 Å². The van der Waals surface area contributed by atoms with Crippen LogP contribution in [-0.4, -0.2) is 34.0 Å². The summed E-state index contributed by atoms with van der Waals surface area (Å²) in [4.78, 5) is 31.9. The Hall–Kier alpha value is -3.84. The molecule has 2 aromatic carbocycles. The van der Waals surface area contributed by atoms with Crippen molar-refractivity contribution < 1.29 is 24.5 Å². The summed E-state index contributed by atoms with van der Waals surface area (Å²) in [5.74, 6) is -1.54. The molecule has 4 rings (SSSR count). The maximum Gasteiger partial charge on any atom is 0.300 e. The summed E-state index contributed by atoms with van der Waals surface area (Å²) in [6, 6.07) is 10.1. The third-order valence-electron chi connectivity index (χ3n) is 6.12. The highest BCUT2D eigenvalue weighted by atomic mass is 35.5. The average molecular weight is 493 g/mol. The Kier molecular flexibility index (Phi) is 6.54. The summed E-state index contributed by atoms with van der Waals surface area (Å²) in [7, 11) is 1.58. The van der Waals surface area contributed by atoms with Crippen LogP contribution in [0.1, 0.15) is 48.1 Å². The van der Waals surface area contributed by atoms with Crippen LogP contribution in [0, 0.1) is 6.92 Å². The Morgan fingerprint density at radius 2 is 1.80 bits per heavy atom. The van der Waals surface area contributed by atoms with Gasteiger partial charge in [-0.05, 0) is 72.0 Å². The number of phenols is 1. The summed E-state index contributed by atoms with van der Waals surface area (Å²) in [6.07, 6.45) is 3.06. The number of aromatic nitrogens is 1. The average Bonchev–Trinajstić information content (AvgIpc) is 3.10. The van der Waals surface area contributed by atoms with E-state index in [0.29, 0.717) is 22.4 Å². The van der Waals surface area contributed by atoms with E-state index in [1.165, 1.54) is 30.6 Å². The monoisotopic (exact) mass is 492 g/mol. The molecule has 0 radical (unpaired) electrons. The molecule has 1 aliphatic rings. The number of hydrogen-bond acceptors (Lipinski definition) is 6. The van der Waals surface area contributed by atoms with E-state index in [1.807, 2.05) is 13.8 Å². The lowest BCUT2D eigenvalue weighted by atomic mass is 9.91. The summed E-state index contributed by atoms with van der Waals surface area (Å²) in [5.41, 5.74) is 2.45. The fraction of sp³-hybridized carbons (Fsp3) is 0.222. The van der Waals surface area contributed by atoms with Gasteiger partial charge in [-0.15, -0.1) is 0 Å². The molecule has 2 N–H and O–H groups in total. The van der Waals surface area contributed by atoms with Gasteiger partial charge in [0.05, 0.1) is 24.4 Å². The smallest absolute Gasteiger partial charge is 0.300 e. The third kappa shape index (κ3) is 4.23. The van der Waals surface area contributed by atoms with Gasteiger partial charge >= 0.3 is 0 Å². The number of ketones is 1. The number of rotatable bonds is 5. The molecular weight excluding hydrogens is 468 g/mol.